The van der Waals surface area contributed by atoms with Gasteiger partial charge in [0.1, 0.15) is 6.10 Å². The molecular formula is C10H10ClFO3. The monoisotopic (exact) mass is 232 g/mol. The summed E-state index contributed by atoms with van der Waals surface area (Å²) in [6.07, 6.45) is -0.832. The third-order valence-corrected chi connectivity index (χ3v) is 2.00. The fourth-order valence-electron chi connectivity index (χ4n) is 1.08. The molecule has 3 nitrogen and oxygen atoms in total. The van der Waals surface area contributed by atoms with E-state index in [2.05, 4.69) is 0 Å². The van der Waals surface area contributed by atoms with Crippen molar-refractivity contribution in [2.45, 2.75) is 19.4 Å². The van der Waals surface area contributed by atoms with Gasteiger partial charge in [0, 0.05) is 0 Å². The Bertz CT molecular complexity index is 347. The van der Waals surface area contributed by atoms with E-state index >= 15 is 0 Å². The SMILES string of the molecule is C[C@H](CC(=O)O)Oc1c(F)cccc1Cl. The summed E-state index contributed by atoms with van der Waals surface area (Å²) in [7, 11) is 0. The summed E-state index contributed by atoms with van der Waals surface area (Å²) < 4.78 is 18.3. The Morgan fingerprint density at radius 3 is 2.87 bits per heavy atom. The number of hydrogen-bond donors (Lipinski definition) is 1. The molecule has 0 saturated carbocycles. The van der Waals surface area contributed by atoms with Crippen LogP contribution >= 0.6 is 11.6 Å². The maximum absolute atomic E-state index is 13.2. The van der Waals surface area contributed by atoms with Gasteiger partial charge in [0.25, 0.3) is 0 Å². The number of halogens is 2. The largest absolute Gasteiger partial charge is 0.485 e. The highest BCUT2D eigenvalue weighted by Gasteiger charge is 2.14. The number of aliphatic carboxylic acids is 1. The third kappa shape index (κ3) is 3.40. The number of hydrogen-bond acceptors (Lipinski definition) is 2. The second-order valence-corrected chi connectivity index (χ2v) is 3.48. The van der Waals surface area contributed by atoms with Gasteiger partial charge in [-0.05, 0) is 19.1 Å². The highest BCUT2D eigenvalue weighted by molar-refractivity contribution is 6.32. The van der Waals surface area contributed by atoms with Gasteiger partial charge in [-0.15, -0.1) is 0 Å². The number of rotatable bonds is 4. The Balaban J connectivity index is 2.76. The zero-order chi connectivity index (χ0) is 11.4. The van der Waals surface area contributed by atoms with Crippen LogP contribution in [-0.4, -0.2) is 17.2 Å². The van der Waals surface area contributed by atoms with Crippen molar-refractivity contribution in [3.63, 3.8) is 0 Å². The maximum Gasteiger partial charge on any atom is 0.307 e. The van der Waals surface area contributed by atoms with E-state index < -0.39 is 17.9 Å². The minimum atomic E-state index is -1.00. The molecule has 0 saturated heterocycles. The molecule has 0 amide bonds. The van der Waals surface area contributed by atoms with E-state index in [1.165, 1.54) is 25.1 Å². The van der Waals surface area contributed by atoms with E-state index in [1.54, 1.807) is 0 Å². The molecule has 82 valence electrons. The summed E-state index contributed by atoms with van der Waals surface area (Å²) in [5.41, 5.74) is 0. The maximum atomic E-state index is 13.2. The van der Waals surface area contributed by atoms with Crippen molar-refractivity contribution in [1.29, 1.82) is 0 Å². The smallest absolute Gasteiger partial charge is 0.307 e. The van der Waals surface area contributed by atoms with Gasteiger partial charge in [0.05, 0.1) is 11.4 Å². The van der Waals surface area contributed by atoms with Gasteiger partial charge in [-0.25, -0.2) is 4.39 Å². The van der Waals surface area contributed by atoms with Crippen LogP contribution < -0.4 is 4.74 Å². The lowest BCUT2D eigenvalue weighted by Crippen LogP contribution is -2.17. The minimum absolute atomic E-state index is 0.104. The summed E-state index contributed by atoms with van der Waals surface area (Å²) in [6, 6.07) is 4.13. The van der Waals surface area contributed by atoms with Crippen molar-refractivity contribution >= 4 is 17.6 Å². The van der Waals surface area contributed by atoms with Crippen molar-refractivity contribution in [3.8, 4) is 5.75 Å². The average molecular weight is 233 g/mol. The Morgan fingerprint density at radius 2 is 2.33 bits per heavy atom. The van der Waals surface area contributed by atoms with Crippen molar-refractivity contribution in [1.82, 2.24) is 0 Å². The Hall–Kier alpha value is -1.29. The van der Waals surface area contributed by atoms with Crippen LogP contribution in [0.1, 0.15) is 13.3 Å². The molecular weight excluding hydrogens is 223 g/mol. The first-order chi connectivity index (χ1) is 7.00. The van der Waals surface area contributed by atoms with Gasteiger partial charge in [0.15, 0.2) is 11.6 Å². The molecule has 0 aliphatic heterocycles. The first-order valence-corrected chi connectivity index (χ1v) is 4.71. The second-order valence-electron chi connectivity index (χ2n) is 3.08. The van der Waals surface area contributed by atoms with E-state index in [4.69, 9.17) is 21.4 Å². The lowest BCUT2D eigenvalue weighted by Gasteiger charge is -2.14. The van der Waals surface area contributed by atoms with Crippen LogP contribution in [0.4, 0.5) is 4.39 Å². The van der Waals surface area contributed by atoms with E-state index in [-0.39, 0.29) is 17.2 Å². The number of ether oxygens (including phenoxy) is 1. The standard InChI is InChI=1S/C10H10ClFO3/c1-6(5-9(13)14)15-10-7(11)3-2-4-8(10)12/h2-4,6H,5H2,1H3,(H,13,14)/t6-/m1/s1. The van der Waals surface area contributed by atoms with Gasteiger partial charge >= 0.3 is 5.97 Å². The van der Waals surface area contributed by atoms with Gasteiger partial charge in [0.2, 0.25) is 0 Å². The molecule has 0 spiro atoms. The minimum Gasteiger partial charge on any atom is -0.485 e. The average Bonchev–Trinajstić information content (AvgIpc) is 2.10. The Morgan fingerprint density at radius 1 is 1.67 bits per heavy atom. The van der Waals surface area contributed by atoms with E-state index in [9.17, 15) is 9.18 Å². The Kier molecular flexibility index (Phi) is 3.91. The van der Waals surface area contributed by atoms with Crippen LogP contribution in [0, 0.1) is 5.82 Å². The third-order valence-electron chi connectivity index (χ3n) is 1.70. The van der Waals surface area contributed by atoms with Gasteiger partial charge < -0.3 is 9.84 Å². The molecule has 0 fully saturated rings. The molecule has 1 atom stereocenters. The molecule has 0 aromatic heterocycles. The second kappa shape index (κ2) is 4.98. The molecule has 15 heavy (non-hydrogen) atoms. The van der Waals surface area contributed by atoms with Gasteiger partial charge in [-0.2, -0.15) is 0 Å². The lowest BCUT2D eigenvalue weighted by atomic mass is 10.3. The molecule has 0 aliphatic carbocycles. The van der Waals surface area contributed by atoms with Crippen molar-refractivity contribution in [3.05, 3.63) is 29.0 Å². The first kappa shape index (κ1) is 11.8. The van der Waals surface area contributed by atoms with Crippen molar-refractivity contribution in [2.24, 2.45) is 0 Å². The topological polar surface area (TPSA) is 46.5 Å². The van der Waals surface area contributed by atoms with Crippen molar-refractivity contribution < 1.29 is 19.0 Å². The van der Waals surface area contributed by atoms with E-state index in [1.807, 2.05) is 0 Å². The summed E-state index contributed by atoms with van der Waals surface area (Å²) in [5, 5.41) is 8.63. The van der Waals surface area contributed by atoms with E-state index in [0.717, 1.165) is 0 Å². The van der Waals surface area contributed by atoms with Crippen LogP contribution in [0.25, 0.3) is 0 Å². The zero-order valence-corrected chi connectivity index (χ0v) is 8.79. The highest BCUT2D eigenvalue weighted by Crippen LogP contribution is 2.28. The van der Waals surface area contributed by atoms with Crippen LogP contribution in [0.5, 0.6) is 5.75 Å². The molecule has 1 rings (SSSR count). The molecule has 0 bridgehead atoms. The zero-order valence-electron chi connectivity index (χ0n) is 8.04. The summed E-state index contributed by atoms with van der Waals surface area (Å²) in [6.45, 7) is 1.54. The Labute approximate surface area is 91.4 Å². The van der Waals surface area contributed by atoms with Crippen LogP contribution in [0.2, 0.25) is 5.02 Å². The van der Waals surface area contributed by atoms with Gasteiger partial charge in [-0.1, -0.05) is 17.7 Å². The summed E-state index contributed by atoms with van der Waals surface area (Å²) in [5.74, 6) is -1.71. The summed E-state index contributed by atoms with van der Waals surface area (Å²) >= 11 is 5.70. The fraction of sp³-hybridized carbons (Fsp3) is 0.300. The molecule has 0 heterocycles. The molecule has 1 aromatic rings. The number of para-hydroxylation sites is 1. The van der Waals surface area contributed by atoms with Crippen LogP contribution in [0.15, 0.2) is 18.2 Å². The normalized spacial score (nSPS) is 12.2. The number of carbonyl (C=O) groups is 1. The lowest BCUT2D eigenvalue weighted by molar-refractivity contribution is -0.138. The van der Waals surface area contributed by atoms with Crippen LogP contribution in [0.3, 0.4) is 0 Å². The first-order valence-electron chi connectivity index (χ1n) is 4.33. The quantitative estimate of drug-likeness (QED) is 0.868. The predicted molar refractivity (Wildman–Crippen MR) is 53.8 cm³/mol. The number of carboxylic acids is 1. The molecule has 1 N–H and O–H groups in total. The molecule has 0 radical (unpaired) electrons. The predicted octanol–water partition coefficient (Wildman–Crippen LogP) is 2.72. The number of benzene rings is 1. The summed E-state index contributed by atoms with van der Waals surface area (Å²) in [4.78, 5) is 10.4. The molecule has 1 aromatic carbocycles. The number of carboxylic acid groups (broad SMARTS) is 1. The fourth-order valence-corrected chi connectivity index (χ4v) is 1.29. The molecule has 5 heteroatoms. The van der Waals surface area contributed by atoms with E-state index in [0.29, 0.717) is 0 Å². The molecule has 0 aliphatic rings. The van der Waals surface area contributed by atoms with Gasteiger partial charge in [-0.3, -0.25) is 4.79 Å². The highest BCUT2D eigenvalue weighted by atomic mass is 35.5. The molecule has 0 unspecified atom stereocenters. The van der Waals surface area contributed by atoms with Crippen LogP contribution in [-0.2, 0) is 4.79 Å². The van der Waals surface area contributed by atoms with Crippen molar-refractivity contribution in [2.75, 3.05) is 0 Å².